The number of para-hydroxylation sites is 1. The van der Waals surface area contributed by atoms with Crippen LogP contribution in [-0.2, 0) is 44.7 Å². The minimum atomic E-state index is -1.26. The molecule has 230 valence electrons. The summed E-state index contributed by atoms with van der Waals surface area (Å²) in [7, 11) is 0. The molecule has 2 aromatic rings. The predicted octanol–water partition coefficient (Wildman–Crippen LogP) is 3.45. The van der Waals surface area contributed by atoms with Gasteiger partial charge in [0.15, 0.2) is 24.3 Å². The molecule has 0 bridgehead atoms. The minimum absolute atomic E-state index is 0.0113. The van der Waals surface area contributed by atoms with Crippen LogP contribution >= 0.6 is 23.8 Å². The van der Waals surface area contributed by atoms with Gasteiger partial charge in [-0.3, -0.25) is 23.7 Å². The normalized spacial score (nSPS) is 22.5. The van der Waals surface area contributed by atoms with Crippen molar-refractivity contribution in [3.63, 3.8) is 0 Å². The molecule has 1 N–H and O–H groups in total. The van der Waals surface area contributed by atoms with Crippen LogP contribution in [0.3, 0.4) is 0 Å². The van der Waals surface area contributed by atoms with E-state index in [1.54, 1.807) is 28.8 Å². The molecule has 6 atom stereocenters. The van der Waals surface area contributed by atoms with Crippen molar-refractivity contribution in [2.45, 2.75) is 91.2 Å². The Kier molecular flexibility index (Phi) is 11.5. The predicted molar refractivity (Wildman–Crippen MR) is 151 cm³/mol. The molecule has 0 saturated carbocycles. The summed E-state index contributed by atoms with van der Waals surface area (Å²) >= 11 is 12.1. The van der Waals surface area contributed by atoms with Gasteiger partial charge in [0.2, 0.25) is 10.7 Å². The van der Waals surface area contributed by atoms with Gasteiger partial charge in [-0.25, -0.2) is 4.68 Å². The third-order valence-electron chi connectivity index (χ3n) is 6.46. The van der Waals surface area contributed by atoms with Crippen molar-refractivity contribution in [3.8, 4) is 5.75 Å². The van der Waals surface area contributed by atoms with E-state index in [0.29, 0.717) is 23.0 Å². The highest BCUT2D eigenvalue weighted by molar-refractivity contribution is 7.71. The fourth-order valence-corrected chi connectivity index (χ4v) is 5.17. The van der Waals surface area contributed by atoms with Crippen LogP contribution in [-0.4, -0.2) is 69.1 Å². The lowest BCUT2D eigenvalue weighted by molar-refractivity contribution is -0.239. The Morgan fingerprint density at radius 1 is 1.07 bits per heavy atom. The summed E-state index contributed by atoms with van der Waals surface area (Å²) in [6.07, 6.45) is -4.10. The summed E-state index contributed by atoms with van der Waals surface area (Å²) in [6, 6.07) is 5.75. The van der Waals surface area contributed by atoms with Gasteiger partial charge in [0.25, 0.3) is 0 Å². The Bertz CT molecular complexity index is 1360. The number of halogens is 1. The van der Waals surface area contributed by atoms with E-state index in [0.717, 1.165) is 0 Å². The van der Waals surface area contributed by atoms with Crippen molar-refractivity contribution in [2.24, 2.45) is 0 Å². The lowest BCUT2D eigenvalue weighted by Gasteiger charge is -2.45. The van der Waals surface area contributed by atoms with Crippen LogP contribution in [0.2, 0.25) is 5.02 Å². The Labute approximate surface area is 253 Å². The lowest BCUT2D eigenvalue weighted by atomic mass is 9.95. The molecular formula is C27H35ClN4O9S. The third kappa shape index (κ3) is 8.07. The molecule has 1 unspecified atom stereocenters. The maximum absolute atomic E-state index is 12.4. The highest BCUT2D eigenvalue weighted by Gasteiger charge is 2.52. The van der Waals surface area contributed by atoms with Crippen LogP contribution in [0.4, 0.5) is 0 Å². The summed E-state index contributed by atoms with van der Waals surface area (Å²) in [4.78, 5) is 48.3. The smallest absolute Gasteiger partial charge is 0.303 e. The average Bonchev–Trinajstić information content (AvgIpc) is 3.23. The Hall–Kier alpha value is -3.49. The zero-order valence-electron chi connectivity index (χ0n) is 24.2. The number of hydrogen-bond donors (Lipinski definition) is 1. The largest absolute Gasteiger partial charge is 0.484 e. The summed E-state index contributed by atoms with van der Waals surface area (Å²) < 4.78 is 31.9. The molecule has 1 fully saturated rings. The van der Waals surface area contributed by atoms with Crippen molar-refractivity contribution < 1.29 is 42.9 Å². The second kappa shape index (κ2) is 14.6. The molecule has 0 radical (unpaired) electrons. The quantitative estimate of drug-likeness (QED) is 0.222. The molecule has 3 rings (SSSR count). The number of esters is 3. The fraction of sp³-hybridized carbons (Fsp3) is 0.556. The van der Waals surface area contributed by atoms with Gasteiger partial charge in [-0.15, -0.1) is 0 Å². The maximum atomic E-state index is 12.4. The lowest BCUT2D eigenvalue weighted by Crippen LogP contribution is -2.64. The van der Waals surface area contributed by atoms with Crippen LogP contribution in [0.5, 0.6) is 5.75 Å². The molecule has 42 heavy (non-hydrogen) atoms. The zero-order valence-corrected chi connectivity index (χ0v) is 25.8. The molecule has 2 heterocycles. The Balaban J connectivity index is 2.14. The van der Waals surface area contributed by atoms with Crippen molar-refractivity contribution in [1.82, 2.24) is 19.7 Å². The molecule has 0 aliphatic carbocycles. The van der Waals surface area contributed by atoms with E-state index in [-0.39, 0.29) is 24.0 Å². The van der Waals surface area contributed by atoms with E-state index in [1.807, 2.05) is 13.8 Å². The van der Waals surface area contributed by atoms with E-state index in [9.17, 15) is 19.2 Å². The summed E-state index contributed by atoms with van der Waals surface area (Å²) in [5, 5.41) is 7.86. The number of carbonyl (C=O) groups excluding carboxylic acids is 4. The number of nitrogens with one attached hydrogen (secondary N) is 1. The first-order valence-corrected chi connectivity index (χ1v) is 14.1. The highest BCUT2D eigenvalue weighted by atomic mass is 35.5. The van der Waals surface area contributed by atoms with Gasteiger partial charge in [-0.1, -0.05) is 30.7 Å². The van der Waals surface area contributed by atoms with Crippen LogP contribution in [0.25, 0.3) is 0 Å². The van der Waals surface area contributed by atoms with Gasteiger partial charge in [0, 0.05) is 33.7 Å². The number of carbonyl (C=O) groups is 4. The molecule has 0 spiro atoms. The molecular weight excluding hydrogens is 592 g/mol. The average molecular weight is 627 g/mol. The number of hydrogen-bond acceptors (Lipinski definition) is 11. The number of aromatic nitrogens is 3. The highest BCUT2D eigenvalue weighted by Crippen LogP contribution is 2.34. The number of rotatable bonds is 11. The zero-order chi connectivity index (χ0) is 31.1. The summed E-state index contributed by atoms with van der Waals surface area (Å²) in [6.45, 7) is 8.40. The standard InChI is InChI=1S/C27H35ClN4O9S/c1-7-14(2)31-22(13-38-20-11-9-8-10-19(20)28)30-32(27(31)42)26-23(29-15(3)33)25(40-18(6)36)24(39-17(5)35)21(41-26)12-37-16(4)34/h8-11,14,21,23-26H,7,12-13H2,1-6H3,(H,29,33)/t14?,21-,23-,24-,25-,26-/m1/s1. The van der Waals surface area contributed by atoms with E-state index in [4.69, 9.17) is 52.6 Å². The summed E-state index contributed by atoms with van der Waals surface area (Å²) in [5.74, 6) is -1.63. The molecule has 15 heteroatoms. The van der Waals surface area contributed by atoms with Crippen LogP contribution in [0.1, 0.15) is 66.1 Å². The fourth-order valence-electron chi connectivity index (χ4n) is 4.55. The van der Waals surface area contributed by atoms with E-state index >= 15 is 0 Å². The molecule has 1 aromatic carbocycles. The summed E-state index contributed by atoms with van der Waals surface area (Å²) in [5.41, 5.74) is 0. The number of nitrogens with zero attached hydrogens (tertiary/aromatic N) is 3. The molecule has 1 aromatic heterocycles. The molecule has 1 aliphatic rings. The number of ether oxygens (including phenoxy) is 5. The van der Waals surface area contributed by atoms with Crippen LogP contribution in [0.15, 0.2) is 24.3 Å². The van der Waals surface area contributed by atoms with Gasteiger partial charge >= 0.3 is 17.9 Å². The van der Waals surface area contributed by atoms with Gasteiger partial charge in [0.05, 0.1) is 5.02 Å². The van der Waals surface area contributed by atoms with Gasteiger partial charge < -0.3 is 29.0 Å². The molecule has 1 amide bonds. The first-order chi connectivity index (χ1) is 19.8. The Morgan fingerprint density at radius 2 is 1.71 bits per heavy atom. The van der Waals surface area contributed by atoms with Crippen molar-refractivity contribution >= 4 is 47.6 Å². The minimum Gasteiger partial charge on any atom is -0.484 e. The van der Waals surface area contributed by atoms with Crippen molar-refractivity contribution in [1.29, 1.82) is 0 Å². The second-order valence-corrected chi connectivity index (χ2v) is 10.5. The molecule has 1 aliphatic heterocycles. The van der Waals surface area contributed by atoms with E-state index in [1.165, 1.54) is 32.4 Å². The Morgan fingerprint density at radius 3 is 2.29 bits per heavy atom. The first-order valence-electron chi connectivity index (χ1n) is 13.3. The monoisotopic (exact) mass is 626 g/mol. The van der Waals surface area contributed by atoms with Gasteiger partial charge in [-0.2, -0.15) is 5.10 Å². The number of benzene rings is 1. The number of amides is 1. The first kappa shape index (κ1) is 33.0. The molecule has 13 nitrogen and oxygen atoms in total. The van der Waals surface area contributed by atoms with Gasteiger partial charge in [-0.05, 0) is 37.7 Å². The van der Waals surface area contributed by atoms with E-state index in [2.05, 4.69) is 5.32 Å². The third-order valence-corrected chi connectivity index (χ3v) is 7.16. The second-order valence-electron chi connectivity index (χ2n) is 9.73. The van der Waals surface area contributed by atoms with Crippen LogP contribution < -0.4 is 10.1 Å². The van der Waals surface area contributed by atoms with Gasteiger partial charge in [0.1, 0.15) is 31.1 Å². The van der Waals surface area contributed by atoms with Crippen molar-refractivity contribution in [3.05, 3.63) is 39.9 Å². The SMILES string of the molecule is CCC(C)n1c(COc2ccccc2Cl)nn([C@@H]2O[C@H](COC(C)=O)[C@@H](OC(C)=O)[C@H](OC(C)=O)[C@H]2NC(C)=O)c1=S. The molecule has 1 saturated heterocycles. The maximum Gasteiger partial charge on any atom is 0.303 e. The van der Waals surface area contributed by atoms with Crippen molar-refractivity contribution in [2.75, 3.05) is 6.61 Å². The van der Waals surface area contributed by atoms with E-state index < -0.39 is 54.4 Å². The topological polar surface area (TPSA) is 149 Å². The van der Waals surface area contributed by atoms with Crippen LogP contribution in [0, 0.1) is 4.77 Å².